The number of carbonyl (C=O) groups is 1. The first-order valence-corrected chi connectivity index (χ1v) is 12.0. The molecule has 2 aromatic carbocycles. The number of aromatic nitrogens is 4. The van der Waals surface area contributed by atoms with Crippen molar-refractivity contribution in [1.29, 1.82) is 0 Å². The summed E-state index contributed by atoms with van der Waals surface area (Å²) in [5.41, 5.74) is 2.58. The lowest BCUT2D eigenvalue weighted by Gasteiger charge is -2.14. The van der Waals surface area contributed by atoms with Gasteiger partial charge in [-0.15, -0.1) is 21.5 Å². The minimum atomic E-state index is -0.170. The Morgan fingerprint density at radius 3 is 2.38 bits per heavy atom. The number of rotatable bonds is 9. The summed E-state index contributed by atoms with van der Waals surface area (Å²) in [6.07, 6.45) is 0. The Bertz CT molecular complexity index is 1260. The van der Waals surface area contributed by atoms with Crippen LogP contribution in [0.2, 0.25) is 0 Å². The zero-order valence-corrected chi connectivity index (χ0v) is 20.7. The molecule has 2 heterocycles. The van der Waals surface area contributed by atoms with E-state index in [0.717, 1.165) is 16.8 Å². The van der Waals surface area contributed by atoms with Crippen molar-refractivity contribution < 1.29 is 19.0 Å². The van der Waals surface area contributed by atoms with E-state index in [-0.39, 0.29) is 11.7 Å². The van der Waals surface area contributed by atoms with Crippen LogP contribution in [0.5, 0.6) is 17.2 Å². The summed E-state index contributed by atoms with van der Waals surface area (Å²) in [7, 11) is 6.51. The van der Waals surface area contributed by atoms with Gasteiger partial charge >= 0.3 is 0 Å². The highest BCUT2D eigenvalue weighted by molar-refractivity contribution is 7.99. The van der Waals surface area contributed by atoms with Gasteiger partial charge in [-0.25, -0.2) is 4.98 Å². The molecule has 0 bridgehead atoms. The van der Waals surface area contributed by atoms with Crippen molar-refractivity contribution in [1.82, 2.24) is 19.7 Å². The first kappa shape index (κ1) is 23.6. The third-order valence-corrected chi connectivity index (χ3v) is 6.69. The average molecular weight is 498 g/mol. The van der Waals surface area contributed by atoms with Crippen molar-refractivity contribution in [2.24, 2.45) is 7.05 Å². The molecule has 0 aliphatic heterocycles. The topological polar surface area (TPSA) is 100 Å². The van der Waals surface area contributed by atoms with Crippen molar-refractivity contribution in [2.75, 3.05) is 32.4 Å². The van der Waals surface area contributed by atoms with Crippen LogP contribution in [0.3, 0.4) is 0 Å². The van der Waals surface area contributed by atoms with Crippen LogP contribution in [0.25, 0.3) is 22.6 Å². The highest BCUT2D eigenvalue weighted by Gasteiger charge is 2.19. The van der Waals surface area contributed by atoms with Gasteiger partial charge in [-0.3, -0.25) is 4.79 Å². The molecule has 0 saturated carbocycles. The van der Waals surface area contributed by atoms with Crippen LogP contribution in [0, 0.1) is 0 Å². The summed E-state index contributed by atoms with van der Waals surface area (Å²) in [6, 6.07) is 13.4. The quantitative estimate of drug-likeness (QED) is 0.341. The summed E-state index contributed by atoms with van der Waals surface area (Å²) in [5, 5.41) is 14.5. The molecule has 4 aromatic rings. The molecule has 0 aliphatic rings. The number of amides is 1. The Labute approximate surface area is 205 Å². The van der Waals surface area contributed by atoms with Gasteiger partial charge in [0, 0.05) is 23.6 Å². The van der Waals surface area contributed by atoms with E-state index in [1.165, 1.54) is 23.1 Å². The van der Waals surface area contributed by atoms with Gasteiger partial charge in [0.1, 0.15) is 0 Å². The van der Waals surface area contributed by atoms with E-state index in [0.29, 0.717) is 33.4 Å². The molecule has 34 heavy (non-hydrogen) atoms. The fourth-order valence-corrected chi connectivity index (χ4v) is 4.71. The summed E-state index contributed by atoms with van der Waals surface area (Å²) in [4.78, 5) is 17.0. The van der Waals surface area contributed by atoms with Crippen molar-refractivity contribution in [3.63, 3.8) is 0 Å². The van der Waals surface area contributed by atoms with Crippen molar-refractivity contribution >= 4 is 34.1 Å². The van der Waals surface area contributed by atoms with Crippen LogP contribution < -0.4 is 19.5 Å². The normalized spacial score (nSPS) is 10.7. The Kier molecular flexibility index (Phi) is 7.33. The third kappa shape index (κ3) is 5.00. The molecule has 0 spiro atoms. The Morgan fingerprint density at radius 2 is 1.74 bits per heavy atom. The number of thiazole rings is 1. The number of hydrogen-bond acceptors (Lipinski definition) is 9. The first-order valence-electron chi connectivity index (χ1n) is 10.2. The van der Waals surface area contributed by atoms with E-state index >= 15 is 0 Å². The number of thioether (sulfide) groups is 1. The molecule has 2 aromatic heterocycles. The van der Waals surface area contributed by atoms with Gasteiger partial charge in [-0.05, 0) is 12.1 Å². The van der Waals surface area contributed by atoms with Crippen LogP contribution >= 0.6 is 23.1 Å². The van der Waals surface area contributed by atoms with Crippen LogP contribution in [0.15, 0.2) is 53.0 Å². The third-order valence-electron chi connectivity index (χ3n) is 4.91. The SMILES string of the molecule is COc1cc(-c2nnc(SCC(=O)Nc3nc(-c4ccccc4)cs3)n2C)cc(OC)c1OC. The van der Waals surface area contributed by atoms with Crippen LogP contribution in [0.1, 0.15) is 0 Å². The van der Waals surface area contributed by atoms with Crippen LogP contribution in [-0.4, -0.2) is 52.7 Å². The molecule has 0 saturated heterocycles. The van der Waals surface area contributed by atoms with E-state index < -0.39 is 0 Å². The van der Waals surface area contributed by atoms with E-state index in [4.69, 9.17) is 14.2 Å². The van der Waals surface area contributed by atoms with Gasteiger partial charge in [0.2, 0.25) is 11.7 Å². The zero-order valence-electron chi connectivity index (χ0n) is 19.1. The maximum Gasteiger partial charge on any atom is 0.236 e. The molecule has 0 radical (unpaired) electrons. The van der Waals surface area contributed by atoms with Crippen molar-refractivity contribution in [3.8, 4) is 39.9 Å². The molecule has 11 heteroatoms. The fraction of sp³-hybridized carbons (Fsp3) is 0.217. The lowest BCUT2D eigenvalue weighted by atomic mass is 10.1. The Morgan fingerprint density at radius 1 is 1.03 bits per heavy atom. The molecule has 1 amide bonds. The lowest BCUT2D eigenvalue weighted by Crippen LogP contribution is -2.14. The standard InChI is InChI=1S/C23H23N5O4S2/c1-28-21(15-10-17(30-2)20(32-4)18(11-15)31-3)26-27-23(28)34-13-19(29)25-22-24-16(12-33-22)14-8-6-5-7-9-14/h5-12H,13H2,1-4H3,(H,24,25,29). The van der Waals surface area contributed by atoms with E-state index in [1.54, 1.807) is 33.5 Å². The minimum Gasteiger partial charge on any atom is -0.493 e. The first-order chi connectivity index (χ1) is 16.5. The zero-order chi connectivity index (χ0) is 24.1. The Balaban J connectivity index is 1.43. The number of methoxy groups -OCH3 is 3. The molecule has 0 unspecified atom stereocenters. The molecular formula is C23H23N5O4S2. The summed E-state index contributed by atoms with van der Waals surface area (Å²) >= 11 is 2.68. The minimum absolute atomic E-state index is 0.168. The van der Waals surface area contributed by atoms with Crippen LogP contribution in [-0.2, 0) is 11.8 Å². The highest BCUT2D eigenvalue weighted by Crippen LogP contribution is 2.41. The fourth-order valence-electron chi connectivity index (χ4n) is 3.26. The second kappa shape index (κ2) is 10.6. The van der Waals surface area contributed by atoms with Gasteiger partial charge < -0.3 is 24.1 Å². The number of hydrogen-bond donors (Lipinski definition) is 1. The van der Waals surface area contributed by atoms with Crippen molar-refractivity contribution in [3.05, 3.63) is 47.8 Å². The second-order valence-corrected chi connectivity index (χ2v) is 8.82. The average Bonchev–Trinajstić information content (AvgIpc) is 3.48. The van der Waals surface area contributed by atoms with Gasteiger partial charge in [0.25, 0.3) is 0 Å². The molecule has 0 aliphatic carbocycles. The largest absolute Gasteiger partial charge is 0.493 e. The van der Waals surface area contributed by atoms with Gasteiger partial charge in [-0.1, -0.05) is 42.1 Å². The summed E-state index contributed by atoms with van der Waals surface area (Å²) in [5.74, 6) is 2.14. The number of carbonyl (C=O) groups excluding carboxylic acids is 1. The van der Waals surface area contributed by atoms with Crippen LogP contribution in [0.4, 0.5) is 5.13 Å². The lowest BCUT2D eigenvalue weighted by molar-refractivity contribution is -0.113. The monoisotopic (exact) mass is 497 g/mol. The molecule has 0 fully saturated rings. The molecular weight excluding hydrogens is 474 g/mol. The molecule has 4 rings (SSSR count). The number of benzene rings is 2. The summed E-state index contributed by atoms with van der Waals surface area (Å²) < 4.78 is 18.0. The van der Waals surface area contributed by atoms with Gasteiger partial charge in [0.05, 0.1) is 32.8 Å². The number of nitrogens with one attached hydrogen (secondary N) is 1. The number of ether oxygens (including phenoxy) is 3. The molecule has 1 N–H and O–H groups in total. The smallest absolute Gasteiger partial charge is 0.236 e. The van der Waals surface area contributed by atoms with Gasteiger partial charge in [0.15, 0.2) is 27.6 Å². The number of anilines is 1. The van der Waals surface area contributed by atoms with Crippen molar-refractivity contribution in [2.45, 2.75) is 5.16 Å². The molecule has 176 valence electrons. The molecule has 9 nitrogen and oxygen atoms in total. The second-order valence-electron chi connectivity index (χ2n) is 7.02. The summed E-state index contributed by atoms with van der Waals surface area (Å²) in [6.45, 7) is 0. The number of nitrogens with zero attached hydrogens (tertiary/aromatic N) is 4. The maximum atomic E-state index is 12.5. The maximum absolute atomic E-state index is 12.5. The van der Waals surface area contributed by atoms with Gasteiger partial charge in [-0.2, -0.15) is 0 Å². The van der Waals surface area contributed by atoms with E-state index in [9.17, 15) is 4.79 Å². The van der Waals surface area contributed by atoms with E-state index in [2.05, 4.69) is 20.5 Å². The predicted molar refractivity (Wildman–Crippen MR) is 133 cm³/mol. The molecule has 0 atom stereocenters. The van der Waals surface area contributed by atoms with E-state index in [1.807, 2.05) is 47.3 Å². The Hall–Kier alpha value is -3.57. The highest BCUT2D eigenvalue weighted by atomic mass is 32.2. The predicted octanol–water partition coefficient (Wildman–Crippen LogP) is 4.36.